The molecule has 1 aliphatic rings. The number of nitrogens with two attached hydrogens (primary N) is 1. The third-order valence-corrected chi connectivity index (χ3v) is 4.68. The Hall–Kier alpha value is -1.07. The van der Waals surface area contributed by atoms with Crippen LogP contribution in [0.25, 0.3) is 0 Å². The molecule has 3 nitrogen and oxygen atoms in total. The molecular weight excluding hydrogens is 310 g/mol. The average molecular weight is 324 g/mol. The van der Waals surface area contributed by atoms with E-state index in [9.17, 15) is 0 Å². The van der Waals surface area contributed by atoms with E-state index in [-0.39, 0.29) is 0 Å². The van der Waals surface area contributed by atoms with Crippen LogP contribution in [0.15, 0.2) is 28.2 Å². The number of hydrogen-bond acceptors (Lipinski definition) is 4. The second-order valence-electron chi connectivity index (χ2n) is 4.48. The van der Waals surface area contributed by atoms with E-state index in [4.69, 9.17) is 5.73 Å². The molecule has 1 aliphatic carbocycles. The number of rotatable bonds is 2. The van der Waals surface area contributed by atoms with Crippen LogP contribution in [0.2, 0.25) is 0 Å². The Bertz CT molecular complexity index is 567. The van der Waals surface area contributed by atoms with Crippen LogP contribution in [0.5, 0.6) is 0 Å². The van der Waals surface area contributed by atoms with Crippen molar-refractivity contribution in [3.63, 3.8) is 0 Å². The van der Waals surface area contributed by atoms with Crippen molar-refractivity contribution >= 4 is 38.8 Å². The van der Waals surface area contributed by atoms with E-state index in [2.05, 4.69) is 37.7 Å². The summed E-state index contributed by atoms with van der Waals surface area (Å²) >= 11 is 5.22. The third-order valence-electron chi connectivity index (χ3n) is 3.25. The Morgan fingerprint density at radius 3 is 3.22 bits per heavy atom. The van der Waals surface area contributed by atoms with Gasteiger partial charge in [-0.05, 0) is 58.3 Å². The van der Waals surface area contributed by atoms with Crippen LogP contribution in [-0.2, 0) is 6.42 Å². The minimum absolute atomic E-state index is 0.343. The van der Waals surface area contributed by atoms with Gasteiger partial charge in [-0.1, -0.05) is 0 Å². The van der Waals surface area contributed by atoms with Gasteiger partial charge in [-0.25, -0.2) is 4.98 Å². The summed E-state index contributed by atoms with van der Waals surface area (Å²) in [7, 11) is 0. The standard InChI is InChI=1S/C13H14BrN3S/c14-8-6-10(15)13(16-7-8)17-11-2-1-3-12-9(11)4-5-18-12/h4-7,11H,1-3,15H2,(H,16,17). The van der Waals surface area contributed by atoms with Gasteiger partial charge in [-0.15, -0.1) is 11.3 Å². The highest BCUT2D eigenvalue weighted by atomic mass is 79.9. The van der Waals surface area contributed by atoms with Gasteiger partial charge in [-0.3, -0.25) is 0 Å². The molecule has 0 bridgehead atoms. The predicted molar refractivity (Wildman–Crippen MR) is 80.0 cm³/mol. The summed E-state index contributed by atoms with van der Waals surface area (Å²) in [5.74, 6) is 0.780. The molecule has 3 rings (SSSR count). The lowest BCUT2D eigenvalue weighted by molar-refractivity contribution is 0.607. The molecule has 0 saturated heterocycles. The summed E-state index contributed by atoms with van der Waals surface area (Å²) in [5.41, 5.74) is 8.08. The summed E-state index contributed by atoms with van der Waals surface area (Å²) in [6, 6.07) is 4.44. The lowest BCUT2D eigenvalue weighted by Crippen LogP contribution is -2.17. The topological polar surface area (TPSA) is 50.9 Å². The lowest BCUT2D eigenvalue weighted by Gasteiger charge is -2.24. The van der Waals surface area contributed by atoms with E-state index in [1.54, 1.807) is 6.20 Å². The molecule has 0 aliphatic heterocycles. The first-order valence-electron chi connectivity index (χ1n) is 5.98. The van der Waals surface area contributed by atoms with Gasteiger partial charge in [0.25, 0.3) is 0 Å². The van der Waals surface area contributed by atoms with Crippen molar-refractivity contribution < 1.29 is 0 Å². The highest BCUT2D eigenvalue weighted by Gasteiger charge is 2.21. The molecule has 0 fully saturated rings. The second kappa shape index (κ2) is 4.90. The van der Waals surface area contributed by atoms with Gasteiger partial charge in [0.1, 0.15) is 5.82 Å². The maximum absolute atomic E-state index is 5.98. The maximum atomic E-state index is 5.98. The number of nitrogens with one attached hydrogen (secondary N) is 1. The Kier molecular flexibility index (Phi) is 3.26. The van der Waals surface area contributed by atoms with Crippen molar-refractivity contribution in [2.24, 2.45) is 0 Å². The molecule has 0 spiro atoms. The fraction of sp³-hybridized carbons (Fsp3) is 0.308. The molecular formula is C13H14BrN3S. The fourth-order valence-electron chi connectivity index (χ4n) is 2.38. The number of hydrogen-bond donors (Lipinski definition) is 2. The van der Waals surface area contributed by atoms with E-state index >= 15 is 0 Å². The average Bonchev–Trinajstić information content (AvgIpc) is 2.82. The van der Waals surface area contributed by atoms with Crippen molar-refractivity contribution in [1.29, 1.82) is 0 Å². The first kappa shape index (κ1) is 12.0. The molecule has 0 aromatic carbocycles. The largest absolute Gasteiger partial charge is 0.396 e. The number of aromatic nitrogens is 1. The summed E-state index contributed by atoms with van der Waals surface area (Å²) < 4.78 is 0.908. The number of anilines is 2. The minimum Gasteiger partial charge on any atom is -0.396 e. The molecule has 18 heavy (non-hydrogen) atoms. The van der Waals surface area contributed by atoms with Crippen molar-refractivity contribution in [3.05, 3.63) is 38.6 Å². The molecule has 0 radical (unpaired) electrons. The number of nitrogens with zero attached hydrogens (tertiary/aromatic N) is 1. The molecule has 94 valence electrons. The quantitative estimate of drug-likeness (QED) is 0.878. The predicted octanol–water partition coefficient (Wildman–Crippen LogP) is 3.98. The zero-order chi connectivity index (χ0) is 12.5. The van der Waals surface area contributed by atoms with Crippen molar-refractivity contribution in [2.75, 3.05) is 11.1 Å². The number of halogens is 1. The van der Waals surface area contributed by atoms with Gasteiger partial charge < -0.3 is 11.1 Å². The second-order valence-corrected chi connectivity index (χ2v) is 6.40. The Morgan fingerprint density at radius 2 is 2.39 bits per heavy atom. The summed E-state index contributed by atoms with van der Waals surface area (Å²) in [6.45, 7) is 0. The molecule has 2 heterocycles. The Morgan fingerprint density at radius 1 is 1.50 bits per heavy atom. The monoisotopic (exact) mass is 323 g/mol. The molecule has 5 heteroatoms. The number of nitrogen functional groups attached to an aromatic ring is 1. The van der Waals surface area contributed by atoms with E-state index < -0.39 is 0 Å². The van der Waals surface area contributed by atoms with Gasteiger partial charge in [-0.2, -0.15) is 0 Å². The number of aryl methyl sites for hydroxylation is 1. The molecule has 2 aromatic rings. The van der Waals surface area contributed by atoms with E-state index in [1.165, 1.54) is 23.3 Å². The van der Waals surface area contributed by atoms with Crippen molar-refractivity contribution in [1.82, 2.24) is 4.98 Å². The summed E-state index contributed by atoms with van der Waals surface area (Å²) in [4.78, 5) is 5.84. The van der Waals surface area contributed by atoms with Crippen molar-refractivity contribution in [2.45, 2.75) is 25.3 Å². The highest BCUT2D eigenvalue weighted by molar-refractivity contribution is 9.10. The SMILES string of the molecule is Nc1cc(Br)cnc1NC1CCCc2sccc21. The van der Waals surface area contributed by atoms with Crippen LogP contribution >= 0.6 is 27.3 Å². The summed E-state index contributed by atoms with van der Waals surface area (Å²) in [5, 5.41) is 5.64. The molecule has 1 atom stereocenters. The molecule has 3 N–H and O–H groups in total. The Labute approximate surface area is 119 Å². The zero-order valence-corrected chi connectivity index (χ0v) is 12.2. The van der Waals surface area contributed by atoms with Gasteiger partial charge in [0, 0.05) is 15.5 Å². The van der Waals surface area contributed by atoms with Crippen LogP contribution < -0.4 is 11.1 Å². The van der Waals surface area contributed by atoms with Crippen molar-refractivity contribution in [3.8, 4) is 0 Å². The van der Waals surface area contributed by atoms with Crippen LogP contribution in [0, 0.1) is 0 Å². The fourth-order valence-corrected chi connectivity index (χ4v) is 3.71. The van der Waals surface area contributed by atoms with E-state index in [0.717, 1.165) is 16.7 Å². The first-order valence-corrected chi connectivity index (χ1v) is 7.65. The third kappa shape index (κ3) is 2.24. The lowest BCUT2D eigenvalue weighted by atomic mass is 9.94. The zero-order valence-electron chi connectivity index (χ0n) is 9.82. The van der Waals surface area contributed by atoms with E-state index in [0.29, 0.717) is 11.7 Å². The van der Waals surface area contributed by atoms with Crippen LogP contribution in [0.4, 0.5) is 11.5 Å². The summed E-state index contributed by atoms with van der Waals surface area (Å²) in [6.07, 6.45) is 5.34. The molecule has 0 amide bonds. The van der Waals surface area contributed by atoms with E-state index in [1.807, 2.05) is 17.4 Å². The van der Waals surface area contributed by atoms with Gasteiger partial charge in [0.05, 0.1) is 11.7 Å². The Balaban J connectivity index is 1.86. The molecule has 1 unspecified atom stereocenters. The smallest absolute Gasteiger partial charge is 0.149 e. The van der Waals surface area contributed by atoms with Gasteiger partial charge in [0.15, 0.2) is 0 Å². The van der Waals surface area contributed by atoms with Gasteiger partial charge >= 0.3 is 0 Å². The number of thiophene rings is 1. The normalized spacial score (nSPS) is 18.4. The van der Waals surface area contributed by atoms with Crippen LogP contribution in [0.1, 0.15) is 29.3 Å². The maximum Gasteiger partial charge on any atom is 0.149 e. The molecule has 0 saturated carbocycles. The van der Waals surface area contributed by atoms with Crippen LogP contribution in [0.3, 0.4) is 0 Å². The van der Waals surface area contributed by atoms with Crippen LogP contribution in [-0.4, -0.2) is 4.98 Å². The number of pyridine rings is 1. The van der Waals surface area contributed by atoms with Gasteiger partial charge in [0.2, 0.25) is 0 Å². The molecule has 2 aromatic heterocycles. The number of fused-ring (bicyclic) bond motifs is 1. The highest BCUT2D eigenvalue weighted by Crippen LogP contribution is 2.36. The first-order chi connectivity index (χ1) is 8.74. The minimum atomic E-state index is 0.343.